The second-order valence-corrected chi connectivity index (χ2v) is 5.82. The molecule has 2 heterocycles. The van der Waals surface area contributed by atoms with Gasteiger partial charge in [-0.15, -0.1) is 11.3 Å². The monoisotopic (exact) mass is 279 g/mol. The highest BCUT2D eigenvalue weighted by Crippen LogP contribution is 2.25. The Morgan fingerprint density at radius 1 is 1.47 bits per heavy atom. The van der Waals surface area contributed by atoms with E-state index in [2.05, 4.69) is 15.3 Å². The predicted octanol–water partition coefficient (Wildman–Crippen LogP) is 2.85. The summed E-state index contributed by atoms with van der Waals surface area (Å²) >= 11 is 1.55. The van der Waals surface area contributed by atoms with Crippen molar-refractivity contribution < 1.29 is 9.90 Å². The zero-order valence-electron chi connectivity index (χ0n) is 11.0. The summed E-state index contributed by atoms with van der Waals surface area (Å²) in [6.45, 7) is 4.44. The third-order valence-electron chi connectivity index (χ3n) is 2.86. The molecule has 2 aromatic heterocycles. The fraction of sp³-hybridized carbons (Fsp3) is 0.462. The minimum absolute atomic E-state index is 0.357. The normalized spacial score (nSPS) is 12.8. The van der Waals surface area contributed by atoms with Gasteiger partial charge in [0.05, 0.1) is 16.1 Å². The number of hydrogen-bond donors (Lipinski definition) is 2. The van der Waals surface area contributed by atoms with Gasteiger partial charge in [0.25, 0.3) is 0 Å². The molecule has 2 aromatic rings. The molecule has 0 saturated heterocycles. The van der Waals surface area contributed by atoms with E-state index in [-0.39, 0.29) is 0 Å². The Balaban J connectivity index is 2.08. The molecule has 0 fully saturated rings. The second-order valence-electron chi connectivity index (χ2n) is 4.90. The summed E-state index contributed by atoms with van der Waals surface area (Å²) in [6.07, 6.45) is 2.15. The summed E-state index contributed by atoms with van der Waals surface area (Å²) in [5.74, 6) is -0.0901. The molecular formula is C13H17N3O2S. The third kappa shape index (κ3) is 3.41. The highest BCUT2D eigenvalue weighted by atomic mass is 32.1. The molecule has 0 amide bonds. The van der Waals surface area contributed by atoms with E-state index in [1.54, 1.807) is 11.3 Å². The molecule has 6 heteroatoms. The van der Waals surface area contributed by atoms with Crippen LogP contribution in [-0.2, 0) is 4.79 Å². The Hall–Kier alpha value is -1.69. The summed E-state index contributed by atoms with van der Waals surface area (Å²) in [4.78, 5) is 19.5. The molecule has 0 saturated carbocycles. The first-order valence-corrected chi connectivity index (χ1v) is 7.10. The second kappa shape index (κ2) is 5.97. The lowest BCUT2D eigenvalue weighted by Gasteiger charge is -2.15. The van der Waals surface area contributed by atoms with Crippen molar-refractivity contribution in [3.8, 4) is 0 Å². The Kier molecular flexibility index (Phi) is 4.31. The average Bonchev–Trinajstić information content (AvgIpc) is 2.82. The fourth-order valence-electron chi connectivity index (χ4n) is 1.98. The van der Waals surface area contributed by atoms with Gasteiger partial charge in [-0.2, -0.15) is 0 Å². The topological polar surface area (TPSA) is 75.1 Å². The van der Waals surface area contributed by atoms with Gasteiger partial charge in [0.15, 0.2) is 0 Å². The van der Waals surface area contributed by atoms with Crippen molar-refractivity contribution in [2.45, 2.75) is 20.3 Å². The molecule has 0 spiro atoms. The summed E-state index contributed by atoms with van der Waals surface area (Å²) in [6, 6.07) is 1.93. The first kappa shape index (κ1) is 13.7. The van der Waals surface area contributed by atoms with E-state index in [0.717, 1.165) is 16.0 Å². The molecule has 102 valence electrons. The quantitative estimate of drug-likeness (QED) is 0.850. The van der Waals surface area contributed by atoms with Crippen LogP contribution in [0.5, 0.6) is 0 Å². The van der Waals surface area contributed by atoms with Gasteiger partial charge in [0, 0.05) is 6.54 Å². The van der Waals surface area contributed by atoms with Gasteiger partial charge in [-0.3, -0.25) is 4.79 Å². The zero-order chi connectivity index (χ0) is 13.8. The number of anilines is 1. The molecule has 19 heavy (non-hydrogen) atoms. The minimum Gasteiger partial charge on any atom is -0.481 e. The van der Waals surface area contributed by atoms with Crippen LogP contribution in [0, 0.1) is 11.8 Å². The van der Waals surface area contributed by atoms with E-state index in [0.29, 0.717) is 18.9 Å². The number of nitrogens with one attached hydrogen (secondary N) is 1. The molecule has 0 aliphatic rings. The van der Waals surface area contributed by atoms with Crippen molar-refractivity contribution in [2.75, 3.05) is 11.9 Å². The van der Waals surface area contributed by atoms with Crippen LogP contribution < -0.4 is 5.32 Å². The van der Waals surface area contributed by atoms with Crippen LogP contribution in [0.2, 0.25) is 0 Å². The maximum atomic E-state index is 11.2. The highest BCUT2D eigenvalue weighted by Gasteiger charge is 2.19. The summed E-state index contributed by atoms with van der Waals surface area (Å²) in [5.41, 5.74) is 0.887. The standard InChI is InChI=1S/C13H17N3O2S/c1-8(2)5-9(13(17)18)6-14-12-11-10(3-4-19-11)15-7-16-12/h3-4,7-9H,5-6H2,1-2H3,(H,17,18)(H,14,15,16). The van der Waals surface area contributed by atoms with Gasteiger partial charge < -0.3 is 10.4 Å². The molecule has 2 rings (SSSR count). The van der Waals surface area contributed by atoms with Gasteiger partial charge in [-0.1, -0.05) is 13.8 Å². The van der Waals surface area contributed by atoms with Gasteiger partial charge in [0.1, 0.15) is 12.1 Å². The molecule has 0 aliphatic carbocycles. The predicted molar refractivity (Wildman–Crippen MR) is 76.5 cm³/mol. The summed E-state index contributed by atoms with van der Waals surface area (Å²) in [7, 11) is 0. The van der Waals surface area contributed by atoms with Crippen molar-refractivity contribution in [1.82, 2.24) is 9.97 Å². The van der Waals surface area contributed by atoms with Crippen molar-refractivity contribution in [1.29, 1.82) is 0 Å². The summed E-state index contributed by atoms with van der Waals surface area (Å²) < 4.78 is 0.969. The number of aromatic nitrogens is 2. The summed E-state index contributed by atoms with van der Waals surface area (Å²) in [5, 5.41) is 14.3. The van der Waals surface area contributed by atoms with E-state index in [9.17, 15) is 9.90 Å². The molecule has 0 aromatic carbocycles. The molecule has 0 bridgehead atoms. The van der Waals surface area contributed by atoms with Crippen LogP contribution in [0.3, 0.4) is 0 Å². The molecule has 1 unspecified atom stereocenters. The maximum Gasteiger partial charge on any atom is 0.308 e. The average molecular weight is 279 g/mol. The Morgan fingerprint density at radius 3 is 2.95 bits per heavy atom. The Morgan fingerprint density at radius 2 is 2.26 bits per heavy atom. The first-order valence-electron chi connectivity index (χ1n) is 6.22. The smallest absolute Gasteiger partial charge is 0.308 e. The molecule has 0 radical (unpaired) electrons. The lowest BCUT2D eigenvalue weighted by molar-refractivity contribution is -0.141. The van der Waals surface area contributed by atoms with Crippen LogP contribution in [0.1, 0.15) is 20.3 Å². The zero-order valence-corrected chi connectivity index (χ0v) is 11.8. The van der Waals surface area contributed by atoms with E-state index in [4.69, 9.17) is 0 Å². The van der Waals surface area contributed by atoms with Crippen LogP contribution in [0.15, 0.2) is 17.8 Å². The number of nitrogens with zero attached hydrogens (tertiary/aromatic N) is 2. The van der Waals surface area contributed by atoms with Crippen LogP contribution in [0.25, 0.3) is 10.2 Å². The van der Waals surface area contributed by atoms with Crippen molar-refractivity contribution in [2.24, 2.45) is 11.8 Å². The minimum atomic E-state index is -0.766. The maximum absolute atomic E-state index is 11.2. The van der Waals surface area contributed by atoms with E-state index >= 15 is 0 Å². The van der Waals surface area contributed by atoms with Crippen molar-refractivity contribution in [3.05, 3.63) is 17.8 Å². The highest BCUT2D eigenvalue weighted by molar-refractivity contribution is 7.17. The number of carbonyl (C=O) groups is 1. The van der Waals surface area contributed by atoms with Gasteiger partial charge in [-0.25, -0.2) is 9.97 Å². The Labute approximate surface area is 115 Å². The number of fused-ring (bicyclic) bond motifs is 1. The van der Waals surface area contributed by atoms with E-state index in [1.165, 1.54) is 6.33 Å². The lowest BCUT2D eigenvalue weighted by Crippen LogP contribution is -2.24. The molecular weight excluding hydrogens is 262 g/mol. The number of carboxylic acids is 1. The van der Waals surface area contributed by atoms with E-state index in [1.807, 2.05) is 25.3 Å². The number of carboxylic acid groups (broad SMARTS) is 1. The van der Waals surface area contributed by atoms with Crippen molar-refractivity contribution >= 4 is 33.3 Å². The van der Waals surface area contributed by atoms with E-state index < -0.39 is 11.9 Å². The molecule has 0 aliphatic heterocycles. The number of aliphatic carboxylic acids is 1. The van der Waals surface area contributed by atoms with Gasteiger partial charge in [0.2, 0.25) is 0 Å². The van der Waals surface area contributed by atoms with Crippen LogP contribution >= 0.6 is 11.3 Å². The molecule has 5 nitrogen and oxygen atoms in total. The van der Waals surface area contributed by atoms with Gasteiger partial charge >= 0.3 is 5.97 Å². The number of hydrogen-bond acceptors (Lipinski definition) is 5. The fourth-order valence-corrected chi connectivity index (χ4v) is 2.79. The number of rotatable bonds is 6. The molecule has 2 N–H and O–H groups in total. The number of thiophene rings is 1. The first-order chi connectivity index (χ1) is 9.08. The molecule has 1 atom stereocenters. The largest absolute Gasteiger partial charge is 0.481 e. The SMILES string of the molecule is CC(C)CC(CNc1ncnc2ccsc12)C(=O)O. The van der Waals surface area contributed by atoms with Crippen molar-refractivity contribution in [3.63, 3.8) is 0 Å². The van der Waals surface area contributed by atoms with Gasteiger partial charge in [-0.05, 0) is 23.8 Å². The van der Waals surface area contributed by atoms with Crippen LogP contribution in [0.4, 0.5) is 5.82 Å². The Bertz CT molecular complexity index is 568. The lowest BCUT2D eigenvalue weighted by atomic mass is 9.97. The van der Waals surface area contributed by atoms with Crippen LogP contribution in [-0.4, -0.2) is 27.6 Å². The third-order valence-corrected chi connectivity index (χ3v) is 3.77.